The van der Waals surface area contributed by atoms with Gasteiger partial charge in [-0.05, 0) is 36.2 Å². The number of likely N-dealkylation sites (N-methyl/N-ethyl adjacent to an activating group) is 1. The van der Waals surface area contributed by atoms with Gasteiger partial charge in [0.1, 0.15) is 11.5 Å². The second kappa shape index (κ2) is 8.58. The Morgan fingerprint density at radius 2 is 2.07 bits per heavy atom. The molecule has 0 unspecified atom stereocenters. The van der Waals surface area contributed by atoms with E-state index in [0.29, 0.717) is 24.6 Å². The van der Waals surface area contributed by atoms with Crippen LogP contribution in [0.1, 0.15) is 18.1 Å². The minimum Gasteiger partial charge on any atom is -0.497 e. The Balaban J connectivity index is 1.58. The van der Waals surface area contributed by atoms with E-state index in [0.717, 1.165) is 23.3 Å². The molecule has 1 aliphatic rings. The van der Waals surface area contributed by atoms with Crippen molar-refractivity contribution >= 4 is 17.5 Å². The third kappa shape index (κ3) is 4.78. The molecule has 0 fully saturated rings. The highest BCUT2D eigenvalue weighted by Crippen LogP contribution is 2.26. The van der Waals surface area contributed by atoms with Gasteiger partial charge in [-0.25, -0.2) is 0 Å². The van der Waals surface area contributed by atoms with Gasteiger partial charge in [-0.1, -0.05) is 18.2 Å². The van der Waals surface area contributed by atoms with E-state index >= 15 is 0 Å². The molecule has 0 aliphatic carbocycles. The maximum atomic E-state index is 12.6. The van der Waals surface area contributed by atoms with E-state index in [-0.39, 0.29) is 24.8 Å². The topological polar surface area (TPSA) is 67.9 Å². The monoisotopic (exact) mass is 368 g/mol. The van der Waals surface area contributed by atoms with Crippen molar-refractivity contribution in [2.45, 2.75) is 19.8 Å². The van der Waals surface area contributed by atoms with Gasteiger partial charge in [0, 0.05) is 24.7 Å². The molecule has 0 radical (unpaired) electrons. The van der Waals surface area contributed by atoms with Gasteiger partial charge >= 0.3 is 0 Å². The van der Waals surface area contributed by atoms with Crippen LogP contribution in [-0.2, 0) is 22.4 Å². The van der Waals surface area contributed by atoms with E-state index in [1.807, 2.05) is 25.1 Å². The summed E-state index contributed by atoms with van der Waals surface area (Å²) in [4.78, 5) is 26.5. The highest BCUT2D eigenvalue weighted by Gasteiger charge is 2.18. The van der Waals surface area contributed by atoms with Crippen molar-refractivity contribution in [1.29, 1.82) is 0 Å². The zero-order valence-electron chi connectivity index (χ0n) is 15.7. The lowest BCUT2D eigenvalue weighted by atomic mass is 10.1. The summed E-state index contributed by atoms with van der Waals surface area (Å²) >= 11 is 0. The van der Waals surface area contributed by atoms with Crippen molar-refractivity contribution in [2.75, 3.05) is 32.1 Å². The third-order valence-electron chi connectivity index (χ3n) is 4.53. The van der Waals surface area contributed by atoms with E-state index in [4.69, 9.17) is 9.47 Å². The van der Waals surface area contributed by atoms with Crippen molar-refractivity contribution in [1.82, 2.24) is 4.90 Å². The number of ether oxygens (including phenoxy) is 2. The smallest absolute Gasteiger partial charge is 0.243 e. The van der Waals surface area contributed by atoms with E-state index in [2.05, 4.69) is 5.32 Å². The van der Waals surface area contributed by atoms with Gasteiger partial charge in [-0.2, -0.15) is 0 Å². The summed E-state index contributed by atoms with van der Waals surface area (Å²) in [5.74, 6) is 1.26. The molecule has 0 bridgehead atoms. The molecule has 142 valence electrons. The molecule has 2 amide bonds. The normalized spacial score (nSPS) is 12.1. The summed E-state index contributed by atoms with van der Waals surface area (Å²) in [5, 5.41) is 2.80. The molecule has 2 aromatic carbocycles. The fourth-order valence-corrected chi connectivity index (χ4v) is 3.09. The van der Waals surface area contributed by atoms with Crippen molar-refractivity contribution in [3.63, 3.8) is 0 Å². The number of methoxy groups -OCH3 is 1. The van der Waals surface area contributed by atoms with E-state index in [9.17, 15) is 9.59 Å². The van der Waals surface area contributed by atoms with Crippen LogP contribution in [0, 0.1) is 0 Å². The van der Waals surface area contributed by atoms with Crippen molar-refractivity contribution in [3.05, 3.63) is 53.6 Å². The summed E-state index contributed by atoms with van der Waals surface area (Å²) in [6.07, 6.45) is 1.14. The van der Waals surface area contributed by atoms with E-state index in [1.54, 1.807) is 36.3 Å². The quantitative estimate of drug-likeness (QED) is 0.816. The third-order valence-corrected chi connectivity index (χ3v) is 4.53. The number of hydrogen-bond donors (Lipinski definition) is 1. The average molecular weight is 368 g/mol. The highest BCUT2D eigenvalue weighted by molar-refractivity contribution is 5.94. The first-order valence-corrected chi connectivity index (χ1v) is 9.05. The van der Waals surface area contributed by atoms with Gasteiger partial charge in [0.15, 0.2) is 0 Å². The summed E-state index contributed by atoms with van der Waals surface area (Å²) in [6, 6.07) is 13.0. The fourth-order valence-electron chi connectivity index (χ4n) is 3.09. The largest absolute Gasteiger partial charge is 0.497 e. The van der Waals surface area contributed by atoms with Crippen molar-refractivity contribution in [3.8, 4) is 11.5 Å². The number of carbonyl (C=O) groups excluding carboxylic acids is 2. The predicted molar refractivity (Wildman–Crippen MR) is 103 cm³/mol. The van der Waals surface area contributed by atoms with Gasteiger partial charge in [-0.3, -0.25) is 9.59 Å². The van der Waals surface area contributed by atoms with E-state index in [1.165, 1.54) is 0 Å². The van der Waals surface area contributed by atoms with Crippen LogP contribution < -0.4 is 14.8 Å². The first-order valence-electron chi connectivity index (χ1n) is 9.05. The molecule has 3 rings (SSSR count). The van der Waals surface area contributed by atoms with Gasteiger partial charge in [-0.15, -0.1) is 0 Å². The fraction of sp³-hybridized carbons (Fsp3) is 0.333. The number of nitrogens with zero attached hydrogens (tertiary/aromatic N) is 1. The summed E-state index contributed by atoms with van der Waals surface area (Å²) in [6.45, 7) is 3.05. The Morgan fingerprint density at radius 3 is 2.85 bits per heavy atom. The Kier molecular flexibility index (Phi) is 5.96. The van der Waals surface area contributed by atoms with Crippen LogP contribution in [0.5, 0.6) is 11.5 Å². The number of amides is 2. The molecule has 1 aliphatic heterocycles. The van der Waals surface area contributed by atoms with Crippen LogP contribution in [0.2, 0.25) is 0 Å². The average Bonchev–Trinajstić information content (AvgIpc) is 3.14. The molecule has 6 nitrogen and oxygen atoms in total. The lowest BCUT2D eigenvalue weighted by molar-refractivity contribution is -0.133. The summed E-state index contributed by atoms with van der Waals surface area (Å²) in [5.41, 5.74) is 2.72. The number of nitrogens with one attached hydrogen (secondary N) is 1. The standard InChI is InChI=1S/C21H24N2O4/c1-3-23(14-20(24)22-17-5-4-6-18(13-17)26-2)21(25)12-15-7-8-19-16(11-15)9-10-27-19/h4-8,11,13H,3,9-10,12,14H2,1-2H3,(H,22,24). The van der Waals surface area contributed by atoms with Gasteiger partial charge in [0.2, 0.25) is 11.8 Å². The SMILES string of the molecule is CCN(CC(=O)Nc1cccc(OC)c1)C(=O)Cc1ccc2c(c1)CCO2. The summed E-state index contributed by atoms with van der Waals surface area (Å²) < 4.78 is 10.6. The number of rotatable bonds is 7. The van der Waals surface area contributed by atoms with Crippen molar-refractivity contribution < 1.29 is 19.1 Å². The summed E-state index contributed by atoms with van der Waals surface area (Å²) in [7, 11) is 1.57. The molecule has 0 aromatic heterocycles. The second-order valence-corrected chi connectivity index (χ2v) is 6.41. The molecule has 2 aromatic rings. The number of carbonyl (C=O) groups is 2. The highest BCUT2D eigenvalue weighted by atomic mass is 16.5. The van der Waals surface area contributed by atoms with Crippen LogP contribution >= 0.6 is 0 Å². The van der Waals surface area contributed by atoms with Crippen LogP contribution in [0.15, 0.2) is 42.5 Å². The molecule has 0 atom stereocenters. The maximum Gasteiger partial charge on any atom is 0.243 e. The Bertz CT molecular complexity index is 835. The van der Waals surface area contributed by atoms with Crippen LogP contribution in [0.25, 0.3) is 0 Å². The van der Waals surface area contributed by atoms with Crippen LogP contribution in [-0.4, -0.2) is 43.5 Å². The number of hydrogen-bond acceptors (Lipinski definition) is 4. The number of benzene rings is 2. The maximum absolute atomic E-state index is 12.6. The lowest BCUT2D eigenvalue weighted by Crippen LogP contribution is -2.38. The molecular weight excluding hydrogens is 344 g/mol. The van der Waals surface area contributed by atoms with Gasteiger partial charge < -0.3 is 19.7 Å². The molecule has 1 N–H and O–H groups in total. The molecule has 0 saturated carbocycles. The zero-order valence-corrected chi connectivity index (χ0v) is 15.7. The molecule has 0 spiro atoms. The van der Waals surface area contributed by atoms with Gasteiger partial charge in [0.05, 0.1) is 26.7 Å². The zero-order chi connectivity index (χ0) is 19.2. The Labute approximate surface area is 159 Å². The van der Waals surface area contributed by atoms with E-state index < -0.39 is 0 Å². The molecule has 27 heavy (non-hydrogen) atoms. The Hall–Kier alpha value is -3.02. The molecule has 0 saturated heterocycles. The second-order valence-electron chi connectivity index (χ2n) is 6.41. The minimum absolute atomic E-state index is 0.0145. The first kappa shape index (κ1) is 18.8. The minimum atomic E-state index is -0.235. The molecular formula is C21H24N2O4. The van der Waals surface area contributed by atoms with Crippen LogP contribution in [0.3, 0.4) is 0 Å². The number of anilines is 1. The van der Waals surface area contributed by atoms with Crippen LogP contribution in [0.4, 0.5) is 5.69 Å². The number of fused-ring (bicyclic) bond motifs is 1. The lowest BCUT2D eigenvalue weighted by Gasteiger charge is -2.20. The molecule has 1 heterocycles. The van der Waals surface area contributed by atoms with Gasteiger partial charge in [0.25, 0.3) is 0 Å². The molecule has 6 heteroatoms. The first-order chi connectivity index (χ1) is 13.1. The Morgan fingerprint density at radius 1 is 1.22 bits per heavy atom. The predicted octanol–water partition coefficient (Wildman–Crippen LogP) is 2.66. The van der Waals surface area contributed by atoms with Crippen molar-refractivity contribution in [2.24, 2.45) is 0 Å².